The van der Waals surface area contributed by atoms with Gasteiger partial charge in [-0.05, 0) is 43.9 Å². The van der Waals surface area contributed by atoms with Gasteiger partial charge in [0.15, 0.2) is 0 Å². The molecule has 0 aromatic heterocycles. The van der Waals surface area contributed by atoms with Crippen molar-refractivity contribution in [3.8, 4) is 0 Å². The molecule has 1 saturated carbocycles. The predicted molar refractivity (Wildman–Crippen MR) is 74.7 cm³/mol. The van der Waals surface area contributed by atoms with Crippen LogP contribution in [0.2, 0.25) is 0 Å². The molecule has 0 saturated heterocycles. The maximum atomic E-state index is 13.0. The number of nitrogens with one attached hydrogen (secondary N) is 1. The van der Waals surface area contributed by atoms with Crippen LogP contribution in [-0.4, -0.2) is 18.8 Å². The summed E-state index contributed by atoms with van der Waals surface area (Å²) in [6.45, 7) is 2.65. The Bertz CT molecular complexity index is 428. The zero-order valence-electron chi connectivity index (χ0n) is 11.8. The first-order chi connectivity index (χ1) is 9.48. The highest BCUT2D eigenvalue weighted by molar-refractivity contribution is 5.25. The van der Waals surface area contributed by atoms with Gasteiger partial charge in [-0.2, -0.15) is 13.2 Å². The van der Waals surface area contributed by atoms with E-state index in [9.17, 15) is 13.2 Å². The average Bonchev–Trinajstić information content (AvgIpc) is 2.40. The molecule has 4 heteroatoms. The minimum absolute atomic E-state index is 0.269. The van der Waals surface area contributed by atoms with Crippen LogP contribution in [0.3, 0.4) is 0 Å². The largest absolute Gasteiger partial charge is 0.393 e. The lowest BCUT2D eigenvalue weighted by Gasteiger charge is -2.33. The van der Waals surface area contributed by atoms with Crippen molar-refractivity contribution in [1.82, 2.24) is 5.32 Å². The molecular formula is C16H22F3N. The molecule has 1 aliphatic rings. The molecule has 1 nitrogen and oxygen atoms in total. The topological polar surface area (TPSA) is 12.0 Å². The molecule has 20 heavy (non-hydrogen) atoms. The van der Waals surface area contributed by atoms with Crippen molar-refractivity contribution in [2.45, 2.75) is 51.2 Å². The van der Waals surface area contributed by atoms with Gasteiger partial charge < -0.3 is 5.32 Å². The van der Waals surface area contributed by atoms with Gasteiger partial charge >= 0.3 is 6.18 Å². The standard InChI is InChI=1S/C16H22F3N/c1-12-6-2-3-7-13(12)10-11-20-15-9-5-4-8-14(15)16(17,18)19/h2-3,6-7,14-15,20H,4-5,8-11H2,1H3. The molecule has 0 heterocycles. The van der Waals surface area contributed by atoms with Crippen LogP contribution >= 0.6 is 0 Å². The molecule has 0 radical (unpaired) electrons. The zero-order chi connectivity index (χ0) is 14.6. The van der Waals surface area contributed by atoms with Crippen molar-refractivity contribution < 1.29 is 13.2 Å². The zero-order valence-corrected chi connectivity index (χ0v) is 11.8. The van der Waals surface area contributed by atoms with Crippen molar-refractivity contribution in [1.29, 1.82) is 0 Å². The van der Waals surface area contributed by atoms with Crippen molar-refractivity contribution in [3.63, 3.8) is 0 Å². The van der Waals surface area contributed by atoms with Crippen molar-refractivity contribution in [2.75, 3.05) is 6.54 Å². The third-order valence-electron chi connectivity index (χ3n) is 4.25. The van der Waals surface area contributed by atoms with E-state index >= 15 is 0 Å². The first-order valence-electron chi connectivity index (χ1n) is 7.33. The highest BCUT2D eigenvalue weighted by Crippen LogP contribution is 2.37. The normalized spacial score (nSPS) is 23.8. The van der Waals surface area contributed by atoms with Gasteiger partial charge in [-0.25, -0.2) is 0 Å². The van der Waals surface area contributed by atoms with Gasteiger partial charge in [0, 0.05) is 6.04 Å². The first-order valence-corrected chi connectivity index (χ1v) is 7.33. The minimum Gasteiger partial charge on any atom is -0.313 e. The van der Waals surface area contributed by atoms with Gasteiger partial charge in [-0.15, -0.1) is 0 Å². The monoisotopic (exact) mass is 285 g/mol. The van der Waals surface area contributed by atoms with Gasteiger partial charge in [0.05, 0.1) is 5.92 Å². The van der Waals surface area contributed by atoms with Crippen LogP contribution in [0, 0.1) is 12.8 Å². The summed E-state index contributed by atoms with van der Waals surface area (Å²) in [6.07, 6.45) is -0.785. The molecular weight excluding hydrogens is 263 g/mol. The van der Waals surface area contributed by atoms with Gasteiger partial charge in [0.1, 0.15) is 0 Å². The van der Waals surface area contributed by atoms with E-state index in [2.05, 4.69) is 5.32 Å². The summed E-state index contributed by atoms with van der Waals surface area (Å²) in [6, 6.07) is 7.62. The summed E-state index contributed by atoms with van der Waals surface area (Å²) < 4.78 is 38.9. The van der Waals surface area contributed by atoms with Crippen LogP contribution in [0.4, 0.5) is 13.2 Å². The fourth-order valence-electron chi connectivity index (χ4n) is 3.05. The fraction of sp³-hybridized carbons (Fsp3) is 0.625. The van der Waals surface area contributed by atoms with Gasteiger partial charge in [0.25, 0.3) is 0 Å². The molecule has 1 aliphatic carbocycles. The summed E-state index contributed by atoms with van der Waals surface area (Å²) in [5, 5.41) is 3.13. The molecule has 0 bridgehead atoms. The van der Waals surface area contributed by atoms with Gasteiger partial charge in [0.2, 0.25) is 0 Å². The van der Waals surface area contributed by atoms with Crippen LogP contribution in [-0.2, 0) is 6.42 Å². The summed E-state index contributed by atoms with van der Waals surface area (Å²) in [7, 11) is 0. The molecule has 1 aromatic carbocycles. The SMILES string of the molecule is Cc1ccccc1CCNC1CCCCC1C(F)(F)F. The van der Waals surface area contributed by atoms with E-state index in [1.165, 1.54) is 11.1 Å². The fourth-order valence-corrected chi connectivity index (χ4v) is 3.05. The number of alkyl halides is 3. The summed E-state index contributed by atoms with van der Waals surface area (Å²) >= 11 is 0. The van der Waals surface area contributed by atoms with E-state index < -0.39 is 18.1 Å². The Labute approximate surface area is 118 Å². The molecule has 2 unspecified atom stereocenters. The quantitative estimate of drug-likeness (QED) is 0.872. The molecule has 0 spiro atoms. The Kier molecular flexibility index (Phi) is 5.08. The lowest BCUT2D eigenvalue weighted by molar-refractivity contribution is -0.188. The van der Waals surface area contributed by atoms with Gasteiger partial charge in [-0.3, -0.25) is 0 Å². The molecule has 112 valence electrons. The number of hydrogen-bond acceptors (Lipinski definition) is 1. The van der Waals surface area contributed by atoms with E-state index in [0.717, 1.165) is 12.8 Å². The molecule has 1 fully saturated rings. The predicted octanol–water partition coefficient (Wildman–Crippen LogP) is 4.25. The molecule has 1 N–H and O–H groups in total. The third kappa shape index (κ3) is 3.98. The highest BCUT2D eigenvalue weighted by atomic mass is 19.4. The molecule has 2 rings (SSSR count). The maximum absolute atomic E-state index is 13.0. The maximum Gasteiger partial charge on any atom is 0.393 e. The summed E-state index contributed by atoms with van der Waals surface area (Å²) in [5.41, 5.74) is 2.41. The van der Waals surface area contributed by atoms with Crippen LogP contribution in [0.5, 0.6) is 0 Å². The molecule has 0 amide bonds. The van der Waals surface area contributed by atoms with Crippen molar-refractivity contribution in [3.05, 3.63) is 35.4 Å². The van der Waals surface area contributed by atoms with Crippen LogP contribution in [0.15, 0.2) is 24.3 Å². The van der Waals surface area contributed by atoms with Crippen molar-refractivity contribution >= 4 is 0 Å². The lowest BCUT2D eigenvalue weighted by Crippen LogP contribution is -2.46. The second-order valence-electron chi connectivity index (χ2n) is 5.67. The van der Waals surface area contributed by atoms with E-state index in [1.54, 1.807) is 0 Å². The average molecular weight is 285 g/mol. The van der Waals surface area contributed by atoms with E-state index in [4.69, 9.17) is 0 Å². The number of halogens is 3. The first kappa shape index (κ1) is 15.4. The smallest absolute Gasteiger partial charge is 0.313 e. The van der Waals surface area contributed by atoms with Gasteiger partial charge in [-0.1, -0.05) is 37.1 Å². The highest BCUT2D eigenvalue weighted by Gasteiger charge is 2.45. The van der Waals surface area contributed by atoms with E-state index in [1.807, 2.05) is 31.2 Å². The number of hydrogen-bond donors (Lipinski definition) is 1. The molecule has 2 atom stereocenters. The Morgan fingerprint density at radius 2 is 1.85 bits per heavy atom. The van der Waals surface area contributed by atoms with Crippen LogP contribution < -0.4 is 5.32 Å². The second kappa shape index (κ2) is 6.61. The summed E-state index contributed by atoms with van der Waals surface area (Å²) in [5.74, 6) is -1.17. The number of aryl methyl sites for hydroxylation is 1. The number of rotatable bonds is 4. The Morgan fingerprint density at radius 3 is 2.55 bits per heavy atom. The second-order valence-corrected chi connectivity index (χ2v) is 5.67. The van der Waals surface area contributed by atoms with Crippen LogP contribution in [0.25, 0.3) is 0 Å². The minimum atomic E-state index is -4.07. The Hall–Kier alpha value is -1.03. The Balaban J connectivity index is 1.87. The Morgan fingerprint density at radius 1 is 1.15 bits per heavy atom. The lowest BCUT2D eigenvalue weighted by atomic mass is 9.84. The van der Waals surface area contributed by atoms with E-state index in [-0.39, 0.29) is 6.42 Å². The van der Waals surface area contributed by atoms with E-state index in [0.29, 0.717) is 19.4 Å². The molecule has 1 aromatic rings. The third-order valence-corrected chi connectivity index (χ3v) is 4.25. The van der Waals surface area contributed by atoms with Crippen molar-refractivity contribution in [2.24, 2.45) is 5.92 Å². The number of benzene rings is 1. The summed E-state index contributed by atoms with van der Waals surface area (Å²) in [4.78, 5) is 0. The van der Waals surface area contributed by atoms with Crippen LogP contribution in [0.1, 0.15) is 36.8 Å². The molecule has 0 aliphatic heterocycles.